The van der Waals surface area contributed by atoms with E-state index in [2.05, 4.69) is 20.9 Å². The third kappa shape index (κ3) is 3.53. The van der Waals surface area contributed by atoms with E-state index in [1.165, 1.54) is 14.2 Å². The molecule has 1 heterocycles. The molecule has 0 spiro atoms. The Balaban J connectivity index is 2.43. The van der Waals surface area contributed by atoms with Gasteiger partial charge in [0, 0.05) is 6.20 Å². The first kappa shape index (κ1) is 16.6. The largest absolute Gasteiger partial charge is 0.495 e. The molecule has 116 valence electrons. The van der Waals surface area contributed by atoms with Gasteiger partial charge in [0.1, 0.15) is 16.3 Å². The molecule has 0 bridgehead atoms. The normalized spacial score (nSPS) is 11.8. The van der Waals surface area contributed by atoms with Crippen LogP contribution >= 0.6 is 15.9 Å². The van der Waals surface area contributed by atoms with Crippen LogP contribution in [-0.2, 0) is 21.3 Å². The van der Waals surface area contributed by atoms with E-state index in [-0.39, 0.29) is 11.3 Å². The van der Waals surface area contributed by atoms with Crippen LogP contribution in [0.3, 0.4) is 0 Å². The van der Waals surface area contributed by atoms with E-state index in [0.717, 1.165) is 0 Å². The monoisotopic (exact) mass is 383 g/mol. The molecular formula is C15H14BrNO4S. The van der Waals surface area contributed by atoms with Crippen molar-refractivity contribution in [2.75, 3.05) is 14.2 Å². The summed E-state index contributed by atoms with van der Waals surface area (Å²) in [6, 6.07) is 8.67. The number of pyridine rings is 1. The van der Waals surface area contributed by atoms with Gasteiger partial charge in [-0.25, -0.2) is 9.78 Å². The minimum atomic E-state index is -1.37. The molecule has 7 heteroatoms. The summed E-state index contributed by atoms with van der Waals surface area (Å²) in [6.45, 7) is 0. The van der Waals surface area contributed by atoms with Gasteiger partial charge in [0.05, 0.1) is 35.2 Å². The fourth-order valence-corrected chi connectivity index (χ4v) is 3.51. The van der Waals surface area contributed by atoms with Gasteiger partial charge in [-0.15, -0.1) is 0 Å². The van der Waals surface area contributed by atoms with Crippen LogP contribution in [-0.4, -0.2) is 29.4 Å². The number of benzene rings is 1. The number of methoxy groups -OCH3 is 2. The fraction of sp³-hybridized carbons (Fsp3) is 0.200. The zero-order valence-electron chi connectivity index (χ0n) is 12.0. The summed E-state index contributed by atoms with van der Waals surface area (Å²) in [6.07, 6.45) is 1.58. The minimum Gasteiger partial charge on any atom is -0.495 e. The maximum atomic E-state index is 12.4. The Bertz CT molecular complexity index is 706. The Morgan fingerprint density at radius 3 is 2.64 bits per heavy atom. The van der Waals surface area contributed by atoms with Gasteiger partial charge < -0.3 is 9.47 Å². The molecule has 1 aromatic carbocycles. The summed E-state index contributed by atoms with van der Waals surface area (Å²) >= 11 is 3.33. The molecule has 2 aromatic rings. The van der Waals surface area contributed by atoms with Crippen LogP contribution in [0, 0.1) is 0 Å². The van der Waals surface area contributed by atoms with Crippen molar-refractivity contribution in [2.45, 2.75) is 10.8 Å². The maximum absolute atomic E-state index is 12.4. The third-order valence-electron chi connectivity index (χ3n) is 2.95. The van der Waals surface area contributed by atoms with Gasteiger partial charge in [0.15, 0.2) is 0 Å². The highest BCUT2D eigenvalue weighted by Crippen LogP contribution is 2.33. The Kier molecular flexibility index (Phi) is 5.68. The van der Waals surface area contributed by atoms with Crippen LogP contribution in [0.1, 0.15) is 15.9 Å². The van der Waals surface area contributed by atoms with Gasteiger partial charge in [-0.2, -0.15) is 0 Å². The molecule has 2 rings (SSSR count). The van der Waals surface area contributed by atoms with E-state index in [0.29, 0.717) is 20.8 Å². The van der Waals surface area contributed by atoms with Gasteiger partial charge in [0.2, 0.25) is 0 Å². The molecule has 0 aliphatic carbocycles. The van der Waals surface area contributed by atoms with Crippen molar-refractivity contribution in [3.05, 3.63) is 52.1 Å². The summed E-state index contributed by atoms with van der Waals surface area (Å²) < 4.78 is 23.1. The van der Waals surface area contributed by atoms with Crippen molar-refractivity contribution < 1.29 is 18.5 Å². The Labute approximate surface area is 139 Å². The molecule has 1 aromatic heterocycles. The number of esters is 1. The quantitative estimate of drug-likeness (QED) is 0.742. The average Bonchev–Trinajstić information content (AvgIpc) is 2.56. The smallest absolute Gasteiger partial charge is 0.342 e. The van der Waals surface area contributed by atoms with Gasteiger partial charge in [-0.1, -0.05) is 12.1 Å². The summed E-state index contributed by atoms with van der Waals surface area (Å²) in [5.41, 5.74) is 0.847. The second-order valence-electron chi connectivity index (χ2n) is 4.26. The highest BCUT2D eigenvalue weighted by atomic mass is 79.9. The molecule has 5 nitrogen and oxygen atoms in total. The zero-order chi connectivity index (χ0) is 16.1. The topological polar surface area (TPSA) is 65.5 Å². The van der Waals surface area contributed by atoms with Crippen molar-refractivity contribution in [3.63, 3.8) is 0 Å². The predicted octanol–water partition coefficient (Wildman–Crippen LogP) is 2.95. The van der Waals surface area contributed by atoms with Crippen molar-refractivity contribution >= 4 is 32.7 Å². The third-order valence-corrected chi connectivity index (χ3v) is 4.85. The van der Waals surface area contributed by atoms with E-state index >= 15 is 0 Å². The van der Waals surface area contributed by atoms with E-state index in [1.54, 1.807) is 36.5 Å². The lowest BCUT2D eigenvalue weighted by atomic mass is 10.1. The number of halogens is 1. The first-order valence-electron chi connectivity index (χ1n) is 6.31. The molecule has 0 fully saturated rings. The first-order valence-corrected chi connectivity index (χ1v) is 8.42. The zero-order valence-corrected chi connectivity index (χ0v) is 14.4. The SMILES string of the molecule is COC(=O)c1c(CS(=O)c2ccccn2)ccc(Br)c1OC. The van der Waals surface area contributed by atoms with Crippen molar-refractivity contribution in [3.8, 4) is 5.75 Å². The molecule has 0 N–H and O–H groups in total. The molecule has 1 atom stereocenters. The van der Waals surface area contributed by atoms with E-state index in [9.17, 15) is 9.00 Å². The number of aromatic nitrogens is 1. The number of carbonyl (C=O) groups excluding carboxylic acids is 1. The van der Waals surface area contributed by atoms with Crippen LogP contribution in [0.25, 0.3) is 0 Å². The molecule has 1 unspecified atom stereocenters. The Hall–Kier alpha value is -1.73. The van der Waals surface area contributed by atoms with E-state index < -0.39 is 16.8 Å². The average molecular weight is 384 g/mol. The molecule has 0 saturated heterocycles. The van der Waals surface area contributed by atoms with Crippen LogP contribution in [0.2, 0.25) is 0 Å². The first-order chi connectivity index (χ1) is 10.6. The number of hydrogen-bond acceptors (Lipinski definition) is 5. The summed E-state index contributed by atoms with van der Waals surface area (Å²) in [4.78, 5) is 16.1. The van der Waals surface area contributed by atoms with Crippen molar-refractivity contribution in [1.29, 1.82) is 0 Å². The fourth-order valence-electron chi connectivity index (χ4n) is 1.94. The number of hydrogen-bond donors (Lipinski definition) is 0. The molecule has 0 amide bonds. The lowest BCUT2D eigenvalue weighted by molar-refractivity contribution is 0.0596. The van der Waals surface area contributed by atoms with E-state index in [4.69, 9.17) is 9.47 Å². The molecular weight excluding hydrogens is 370 g/mol. The molecule has 0 radical (unpaired) electrons. The van der Waals surface area contributed by atoms with E-state index in [1.807, 2.05) is 0 Å². The van der Waals surface area contributed by atoms with Gasteiger partial charge in [0.25, 0.3) is 0 Å². The van der Waals surface area contributed by atoms with Gasteiger partial charge >= 0.3 is 5.97 Å². The van der Waals surface area contributed by atoms with Gasteiger partial charge in [-0.05, 0) is 39.7 Å². The Morgan fingerprint density at radius 1 is 1.27 bits per heavy atom. The lowest BCUT2D eigenvalue weighted by Crippen LogP contribution is -2.11. The van der Waals surface area contributed by atoms with Crippen molar-refractivity contribution in [1.82, 2.24) is 4.98 Å². The highest BCUT2D eigenvalue weighted by molar-refractivity contribution is 9.10. The number of carbonyl (C=O) groups is 1. The summed E-state index contributed by atoms with van der Waals surface area (Å²) in [7, 11) is 1.39. The second-order valence-corrected chi connectivity index (χ2v) is 6.52. The molecule has 0 aliphatic rings. The lowest BCUT2D eigenvalue weighted by Gasteiger charge is -2.13. The van der Waals surface area contributed by atoms with Gasteiger partial charge in [-0.3, -0.25) is 4.21 Å². The molecule has 0 aliphatic heterocycles. The van der Waals surface area contributed by atoms with Crippen LogP contribution in [0.15, 0.2) is 46.0 Å². The number of ether oxygens (including phenoxy) is 2. The molecule has 22 heavy (non-hydrogen) atoms. The van der Waals surface area contributed by atoms with Crippen molar-refractivity contribution in [2.24, 2.45) is 0 Å². The number of nitrogens with zero attached hydrogens (tertiary/aromatic N) is 1. The number of rotatable bonds is 5. The second kappa shape index (κ2) is 7.51. The van der Waals surface area contributed by atoms with Crippen LogP contribution < -0.4 is 4.74 Å². The molecule has 0 saturated carbocycles. The summed E-state index contributed by atoms with van der Waals surface area (Å²) in [5.74, 6) is -0.0287. The maximum Gasteiger partial charge on any atom is 0.342 e. The van der Waals surface area contributed by atoms with Crippen LogP contribution in [0.5, 0.6) is 5.75 Å². The summed E-state index contributed by atoms with van der Waals surface area (Å²) in [5, 5.41) is 0.459. The minimum absolute atomic E-state index is 0.144. The van der Waals surface area contributed by atoms with Crippen LogP contribution in [0.4, 0.5) is 0 Å². The standard InChI is InChI=1S/C15H14BrNO4S/c1-20-14-11(16)7-6-10(13(14)15(18)21-2)9-22(19)12-5-3-4-8-17-12/h3-8H,9H2,1-2H3. The highest BCUT2D eigenvalue weighted by Gasteiger charge is 2.22. The predicted molar refractivity (Wildman–Crippen MR) is 86.4 cm³/mol. The Morgan fingerprint density at radius 2 is 2.05 bits per heavy atom.